The first kappa shape index (κ1) is 14.8. The smallest absolute Gasteiger partial charge is 0.390 e. The van der Waals surface area contributed by atoms with Gasteiger partial charge in [-0.2, -0.15) is 0 Å². The van der Waals surface area contributed by atoms with Crippen molar-refractivity contribution in [3.63, 3.8) is 0 Å². The van der Waals surface area contributed by atoms with Gasteiger partial charge >= 0.3 is 5.95 Å². The van der Waals surface area contributed by atoms with Crippen LogP contribution in [0.4, 0.5) is 10.3 Å². The Hall–Kier alpha value is -2.65. The molecule has 0 aliphatic carbocycles. The third-order valence-electron chi connectivity index (χ3n) is 2.76. The van der Waals surface area contributed by atoms with Crippen LogP contribution in [0.5, 0.6) is 0 Å². The van der Waals surface area contributed by atoms with Gasteiger partial charge in [0.05, 0.1) is 12.2 Å². The molecule has 21 heavy (non-hydrogen) atoms. The number of nitro groups is 1. The van der Waals surface area contributed by atoms with Crippen molar-refractivity contribution in [2.24, 2.45) is 0 Å². The van der Waals surface area contributed by atoms with E-state index >= 15 is 0 Å². The number of hydrogen-bond donors (Lipinski definition) is 0. The maximum Gasteiger partial charge on any atom is 0.434 e. The van der Waals surface area contributed by atoms with Crippen molar-refractivity contribution in [3.8, 4) is 0 Å². The fraction of sp³-hybridized carbons (Fsp3) is 0.455. The van der Waals surface area contributed by atoms with Crippen LogP contribution in [0.25, 0.3) is 0 Å². The maximum absolute atomic E-state index is 12.1. The van der Waals surface area contributed by atoms with Gasteiger partial charge in [0.15, 0.2) is 5.78 Å². The van der Waals surface area contributed by atoms with Crippen LogP contribution >= 0.6 is 0 Å². The van der Waals surface area contributed by atoms with Crippen molar-refractivity contribution in [2.75, 3.05) is 6.67 Å². The second-order valence-electron chi connectivity index (χ2n) is 4.31. The minimum atomic E-state index is -0.643. The topological polar surface area (TPSA) is 109 Å². The van der Waals surface area contributed by atoms with Crippen LogP contribution in [0.3, 0.4) is 0 Å². The molecule has 9 nitrogen and oxygen atoms in total. The zero-order valence-electron chi connectivity index (χ0n) is 11.1. The van der Waals surface area contributed by atoms with Crippen molar-refractivity contribution < 1.29 is 14.1 Å². The number of halogens is 1. The van der Waals surface area contributed by atoms with Gasteiger partial charge in [-0.05, 0) is 4.92 Å². The van der Waals surface area contributed by atoms with Crippen LogP contribution in [0.15, 0.2) is 18.6 Å². The molecule has 2 rings (SSSR count). The number of aromatic nitrogens is 5. The molecule has 0 aliphatic rings. The first-order valence-corrected chi connectivity index (χ1v) is 6.22. The minimum absolute atomic E-state index is 0.116. The van der Waals surface area contributed by atoms with Gasteiger partial charge in [-0.1, -0.05) is 10.2 Å². The number of imidazole rings is 1. The number of rotatable bonds is 8. The average Bonchev–Trinajstić information content (AvgIpc) is 3.06. The summed E-state index contributed by atoms with van der Waals surface area (Å²) in [5.74, 6) is -0.548. The summed E-state index contributed by atoms with van der Waals surface area (Å²) in [6, 6.07) is 0. The van der Waals surface area contributed by atoms with Gasteiger partial charge in [0.2, 0.25) is 0 Å². The number of nitrogens with zero attached hydrogens (tertiary/aromatic N) is 6. The summed E-state index contributed by atoms with van der Waals surface area (Å²) in [5, 5.41) is 18.2. The fourth-order valence-electron chi connectivity index (χ4n) is 1.78. The van der Waals surface area contributed by atoms with Crippen LogP contribution in [-0.4, -0.2) is 41.9 Å². The van der Waals surface area contributed by atoms with E-state index in [9.17, 15) is 19.3 Å². The van der Waals surface area contributed by atoms with Crippen LogP contribution in [0.2, 0.25) is 0 Å². The maximum atomic E-state index is 12.1. The summed E-state index contributed by atoms with van der Waals surface area (Å²) in [5.41, 5.74) is 0.580. The lowest BCUT2D eigenvalue weighted by molar-refractivity contribution is -0.396. The number of alkyl halides is 1. The zero-order valence-corrected chi connectivity index (χ0v) is 11.1. The van der Waals surface area contributed by atoms with Gasteiger partial charge in [0.25, 0.3) is 0 Å². The Bertz CT molecular complexity index is 637. The molecular weight excluding hydrogens is 283 g/mol. The Kier molecular flexibility index (Phi) is 4.69. The van der Waals surface area contributed by atoms with Crippen molar-refractivity contribution in [2.45, 2.75) is 25.9 Å². The van der Waals surface area contributed by atoms with Gasteiger partial charge in [0.1, 0.15) is 25.6 Å². The second-order valence-corrected chi connectivity index (χ2v) is 4.31. The molecule has 10 heteroatoms. The lowest BCUT2D eigenvalue weighted by Crippen LogP contribution is -2.12. The van der Waals surface area contributed by atoms with E-state index in [1.807, 2.05) is 0 Å². The summed E-state index contributed by atoms with van der Waals surface area (Å²) < 4.78 is 14.7. The number of ketones is 1. The third-order valence-corrected chi connectivity index (χ3v) is 2.76. The number of hydrogen-bond acceptors (Lipinski definition) is 6. The zero-order chi connectivity index (χ0) is 15.2. The number of aryl methyl sites for hydroxylation is 2. The first-order chi connectivity index (χ1) is 10.1. The van der Waals surface area contributed by atoms with E-state index in [4.69, 9.17) is 0 Å². The molecule has 112 valence electrons. The molecule has 0 aromatic carbocycles. The molecule has 0 N–H and O–H groups in total. The molecule has 0 aliphatic heterocycles. The van der Waals surface area contributed by atoms with E-state index in [2.05, 4.69) is 15.3 Å². The monoisotopic (exact) mass is 296 g/mol. The first-order valence-electron chi connectivity index (χ1n) is 6.22. The van der Waals surface area contributed by atoms with Crippen molar-refractivity contribution in [3.05, 3.63) is 34.4 Å². The van der Waals surface area contributed by atoms with E-state index in [1.54, 1.807) is 6.20 Å². The van der Waals surface area contributed by atoms with Gasteiger partial charge < -0.3 is 10.1 Å². The van der Waals surface area contributed by atoms with Gasteiger partial charge in [0, 0.05) is 19.0 Å². The lowest BCUT2D eigenvalue weighted by atomic mass is 10.2. The lowest BCUT2D eigenvalue weighted by Gasteiger charge is -2.00. The van der Waals surface area contributed by atoms with Crippen LogP contribution in [0, 0.1) is 10.1 Å². The predicted octanol–water partition coefficient (Wildman–Crippen LogP) is 0.554. The van der Waals surface area contributed by atoms with E-state index in [0.29, 0.717) is 12.1 Å². The SMILES string of the molecule is O=C(CCc1cn(CCF)nn1)Cn1ccnc1[N+](=O)[O-]. The second kappa shape index (κ2) is 6.68. The van der Waals surface area contributed by atoms with Gasteiger partial charge in [-0.3, -0.25) is 4.79 Å². The summed E-state index contributed by atoms with van der Waals surface area (Å²) in [6.07, 6.45) is 4.76. The highest BCUT2D eigenvalue weighted by molar-refractivity contribution is 5.78. The Labute approximate surface area is 118 Å². The molecule has 0 saturated heterocycles. The highest BCUT2D eigenvalue weighted by Crippen LogP contribution is 2.08. The Balaban J connectivity index is 1.86. The van der Waals surface area contributed by atoms with Gasteiger partial charge in [-0.15, -0.1) is 5.10 Å². The Morgan fingerprint density at radius 1 is 1.48 bits per heavy atom. The number of carbonyl (C=O) groups excluding carboxylic acids is 1. The largest absolute Gasteiger partial charge is 0.434 e. The van der Waals surface area contributed by atoms with Crippen molar-refractivity contribution >= 4 is 11.7 Å². The molecule has 0 unspecified atom stereocenters. The number of Topliss-reactive ketones (excluding diaryl/α,β-unsaturated/α-hetero) is 1. The molecule has 0 amide bonds. The fourth-order valence-corrected chi connectivity index (χ4v) is 1.78. The van der Waals surface area contributed by atoms with Crippen LogP contribution in [0.1, 0.15) is 12.1 Å². The highest BCUT2D eigenvalue weighted by Gasteiger charge is 2.17. The van der Waals surface area contributed by atoms with Crippen LogP contribution in [-0.2, 0) is 24.3 Å². The highest BCUT2D eigenvalue weighted by atomic mass is 19.1. The molecule has 0 radical (unpaired) electrons. The standard InChI is InChI=1S/C11H13FN6O3/c12-3-5-17-7-9(14-15-17)1-2-10(19)8-16-6-4-13-11(16)18(20)21/h4,6-7H,1-3,5,8H2. The number of carbonyl (C=O) groups is 1. The Morgan fingerprint density at radius 2 is 2.29 bits per heavy atom. The molecule has 0 fully saturated rings. The van der Waals surface area contributed by atoms with E-state index in [-0.39, 0.29) is 31.2 Å². The summed E-state index contributed by atoms with van der Waals surface area (Å²) in [4.78, 5) is 25.4. The molecule has 2 heterocycles. The quantitative estimate of drug-likeness (QED) is 0.520. The summed E-state index contributed by atoms with van der Waals surface area (Å²) in [7, 11) is 0. The molecule has 2 aromatic rings. The summed E-state index contributed by atoms with van der Waals surface area (Å²) >= 11 is 0. The minimum Gasteiger partial charge on any atom is -0.390 e. The molecule has 0 bridgehead atoms. The van der Waals surface area contributed by atoms with Crippen molar-refractivity contribution in [1.29, 1.82) is 0 Å². The molecule has 0 saturated carbocycles. The van der Waals surface area contributed by atoms with E-state index < -0.39 is 11.6 Å². The van der Waals surface area contributed by atoms with Crippen LogP contribution < -0.4 is 0 Å². The normalized spacial score (nSPS) is 10.7. The van der Waals surface area contributed by atoms with Crippen molar-refractivity contribution in [1.82, 2.24) is 24.5 Å². The predicted molar refractivity (Wildman–Crippen MR) is 68.2 cm³/mol. The van der Waals surface area contributed by atoms with E-state index in [0.717, 1.165) is 0 Å². The molecule has 2 aromatic heterocycles. The third kappa shape index (κ3) is 3.91. The average molecular weight is 296 g/mol. The summed E-state index contributed by atoms with van der Waals surface area (Å²) in [6.45, 7) is -0.525. The molecule has 0 atom stereocenters. The molecule has 0 spiro atoms. The Morgan fingerprint density at radius 3 is 3.00 bits per heavy atom. The molecular formula is C11H13FN6O3. The van der Waals surface area contributed by atoms with E-state index in [1.165, 1.54) is 21.6 Å². The van der Waals surface area contributed by atoms with Gasteiger partial charge in [-0.25, -0.2) is 13.6 Å².